The molecule has 0 aromatic rings. The van der Waals surface area contributed by atoms with Crippen molar-refractivity contribution in [3.63, 3.8) is 0 Å². The van der Waals surface area contributed by atoms with E-state index in [1.54, 1.807) is 0 Å². The summed E-state index contributed by atoms with van der Waals surface area (Å²) in [5, 5.41) is 0. The van der Waals surface area contributed by atoms with Gasteiger partial charge in [-0.3, -0.25) is 4.79 Å². The molecule has 3 heteroatoms. The van der Waals surface area contributed by atoms with E-state index in [9.17, 15) is 4.79 Å². The van der Waals surface area contributed by atoms with Gasteiger partial charge in [0.2, 0.25) is 0 Å². The van der Waals surface area contributed by atoms with Crippen molar-refractivity contribution in [2.45, 2.75) is 44.1 Å². The Morgan fingerprint density at radius 1 is 1.36 bits per heavy atom. The van der Waals surface area contributed by atoms with Crippen molar-refractivity contribution in [3.8, 4) is 0 Å². The lowest BCUT2D eigenvalue weighted by Gasteiger charge is -2.34. The van der Waals surface area contributed by atoms with Crippen LogP contribution in [-0.2, 0) is 9.53 Å². The fraction of sp³-hybridized carbons (Fsp3) is 0.909. The predicted octanol–water partition coefficient (Wildman–Crippen LogP) is 1.25. The van der Waals surface area contributed by atoms with Gasteiger partial charge >= 0.3 is 0 Å². The number of carbonyl (C=O) groups excluding carboxylic acids is 1. The molecule has 0 spiro atoms. The van der Waals surface area contributed by atoms with Crippen molar-refractivity contribution in [1.29, 1.82) is 0 Å². The molecule has 80 valence electrons. The van der Waals surface area contributed by atoms with Gasteiger partial charge in [-0.25, -0.2) is 0 Å². The normalized spacial score (nSPS) is 26.9. The molecule has 1 heterocycles. The third-order valence-electron chi connectivity index (χ3n) is 3.64. The number of rotatable bonds is 3. The van der Waals surface area contributed by atoms with Gasteiger partial charge in [-0.05, 0) is 18.8 Å². The van der Waals surface area contributed by atoms with Crippen molar-refractivity contribution >= 4 is 5.78 Å². The Morgan fingerprint density at radius 3 is 2.50 bits per heavy atom. The maximum atomic E-state index is 11.9. The Bertz CT molecular complexity index is 217. The first-order valence-electron chi connectivity index (χ1n) is 5.61. The minimum atomic E-state index is -0.562. The number of nitrogens with two attached hydrogens (primary N) is 1. The fourth-order valence-corrected chi connectivity index (χ4v) is 2.18. The molecule has 0 amide bonds. The summed E-state index contributed by atoms with van der Waals surface area (Å²) in [4.78, 5) is 11.9. The molecular formula is C11H19NO2. The monoisotopic (exact) mass is 197 g/mol. The smallest absolute Gasteiger partial charge is 0.153 e. The summed E-state index contributed by atoms with van der Waals surface area (Å²) < 4.78 is 5.23. The standard InChI is InChI=1S/C11H19NO2/c12-11(4-6-14-7-5-11)10(13)8-9-2-1-3-9/h9H,1-8,12H2. The molecular weight excluding hydrogens is 178 g/mol. The molecule has 0 bridgehead atoms. The molecule has 0 radical (unpaired) electrons. The molecule has 1 aliphatic carbocycles. The number of ether oxygens (including phenoxy) is 1. The summed E-state index contributed by atoms with van der Waals surface area (Å²) in [6.07, 6.45) is 5.85. The Hall–Kier alpha value is -0.410. The fourth-order valence-electron chi connectivity index (χ4n) is 2.18. The van der Waals surface area contributed by atoms with Crippen molar-refractivity contribution < 1.29 is 9.53 Å². The summed E-state index contributed by atoms with van der Waals surface area (Å²) >= 11 is 0. The van der Waals surface area contributed by atoms with Gasteiger partial charge in [0.15, 0.2) is 5.78 Å². The van der Waals surface area contributed by atoms with Crippen LogP contribution < -0.4 is 5.73 Å². The van der Waals surface area contributed by atoms with Gasteiger partial charge in [-0.1, -0.05) is 19.3 Å². The molecule has 0 aromatic heterocycles. The van der Waals surface area contributed by atoms with Crippen molar-refractivity contribution in [2.24, 2.45) is 11.7 Å². The van der Waals surface area contributed by atoms with Crippen LogP contribution in [0.5, 0.6) is 0 Å². The average molecular weight is 197 g/mol. The largest absolute Gasteiger partial charge is 0.381 e. The van der Waals surface area contributed by atoms with Crippen molar-refractivity contribution in [2.75, 3.05) is 13.2 Å². The molecule has 2 aliphatic rings. The highest BCUT2D eigenvalue weighted by Gasteiger charge is 2.37. The number of hydrogen-bond donors (Lipinski definition) is 1. The van der Waals surface area contributed by atoms with Crippen molar-refractivity contribution in [3.05, 3.63) is 0 Å². The van der Waals surface area contributed by atoms with Crippen LogP contribution in [-0.4, -0.2) is 24.5 Å². The van der Waals surface area contributed by atoms with Gasteiger partial charge in [0.1, 0.15) is 0 Å². The molecule has 1 saturated carbocycles. The Kier molecular flexibility index (Phi) is 2.88. The van der Waals surface area contributed by atoms with E-state index < -0.39 is 5.54 Å². The lowest BCUT2D eigenvalue weighted by Crippen LogP contribution is -2.52. The van der Waals surface area contributed by atoms with E-state index in [2.05, 4.69) is 0 Å². The summed E-state index contributed by atoms with van der Waals surface area (Å²) in [7, 11) is 0. The van der Waals surface area contributed by atoms with Crippen LogP contribution in [0.2, 0.25) is 0 Å². The summed E-state index contributed by atoms with van der Waals surface area (Å²) in [5.74, 6) is 0.899. The number of hydrogen-bond acceptors (Lipinski definition) is 3. The molecule has 0 atom stereocenters. The van der Waals surface area contributed by atoms with E-state index >= 15 is 0 Å². The third kappa shape index (κ3) is 1.98. The quantitative estimate of drug-likeness (QED) is 0.741. The van der Waals surface area contributed by atoms with Gasteiger partial charge in [-0.15, -0.1) is 0 Å². The van der Waals surface area contributed by atoms with Crippen LogP contribution >= 0.6 is 0 Å². The lowest BCUT2D eigenvalue weighted by molar-refractivity contribution is -0.129. The first kappa shape index (κ1) is 10.1. The Labute approximate surface area is 85.0 Å². The van der Waals surface area contributed by atoms with Gasteiger partial charge < -0.3 is 10.5 Å². The molecule has 14 heavy (non-hydrogen) atoms. The molecule has 2 N–H and O–H groups in total. The Morgan fingerprint density at radius 2 is 2.00 bits per heavy atom. The zero-order chi connectivity index (χ0) is 10.0. The zero-order valence-corrected chi connectivity index (χ0v) is 8.63. The van der Waals surface area contributed by atoms with Gasteiger partial charge in [0.25, 0.3) is 0 Å². The molecule has 0 aromatic carbocycles. The molecule has 1 saturated heterocycles. The minimum Gasteiger partial charge on any atom is -0.381 e. The number of ketones is 1. The van der Waals surface area contributed by atoms with E-state index in [0.717, 1.165) is 0 Å². The average Bonchev–Trinajstić information content (AvgIpc) is 2.12. The maximum absolute atomic E-state index is 11.9. The zero-order valence-electron chi connectivity index (χ0n) is 8.63. The molecule has 2 rings (SSSR count). The molecule has 2 fully saturated rings. The first-order valence-corrected chi connectivity index (χ1v) is 5.61. The molecule has 3 nitrogen and oxygen atoms in total. The SMILES string of the molecule is NC1(C(=O)CC2CCC2)CCOCC1. The van der Waals surface area contributed by atoms with Gasteiger partial charge in [-0.2, -0.15) is 0 Å². The second-order valence-electron chi connectivity index (χ2n) is 4.69. The summed E-state index contributed by atoms with van der Waals surface area (Å²) in [6.45, 7) is 1.29. The van der Waals surface area contributed by atoms with Crippen molar-refractivity contribution in [1.82, 2.24) is 0 Å². The number of carbonyl (C=O) groups is 1. The lowest BCUT2D eigenvalue weighted by atomic mass is 9.76. The predicted molar refractivity (Wildman–Crippen MR) is 53.9 cm³/mol. The second-order valence-corrected chi connectivity index (χ2v) is 4.69. The van der Waals surface area contributed by atoms with E-state index in [-0.39, 0.29) is 5.78 Å². The third-order valence-corrected chi connectivity index (χ3v) is 3.64. The Balaban J connectivity index is 1.87. The van der Waals surface area contributed by atoms with Crippen LogP contribution in [0.3, 0.4) is 0 Å². The van der Waals surface area contributed by atoms with E-state index in [1.165, 1.54) is 19.3 Å². The minimum absolute atomic E-state index is 0.269. The van der Waals surface area contributed by atoms with Crippen LogP contribution in [0.1, 0.15) is 38.5 Å². The highest BCUT2D eigenvalue weighted by Crippen LogP contribution is 2.32. The highest BCUT2D eigenvalue weighted by molar-refractivity contribution is 5.88. The summed E-state index contributed by atoms with van der Waals surface area (Å²) in [6, 6.07) is 0. The van der Waals surface area contributed by atoms with E-state index in [4.69, 9.17) is 10.5 Å². The maximum Gasteiger partial charge on any atom is 0.153 e. The molecule has 0 unspecified atom stereocenters. The van der Waals surface area contributed by atoms with Crippen LogP contribution in [0, 0.1) is 5.92 Å². The molecule has 1 aliphatic heterocycles. The van der Waals surface area contributed by atoms with Crippen LogP contribution in [0.15, 0.2) is 0 Å². The van der Waals surface area contributed by atoms with Crippen LogP contribution in [0.25, 0.3) is 0 Å². The second kappa shape index (κ2) is 3.99. The van der Waals surface area contributed by atoms with Gasteiger partial charge in [0.05, 0.1) is 5.54 Å². The number of Topliss-reactive ketones (excluding diaryl/α,β-unsaturated/α-hetero) is 1. The summed E-state index contributed by atoms with van der Waals surface area (Å²) in [5.41, 5.74) is 5.54. The van der Waals surface area contributed by atoms with E-state index in [0.29, 0.717) is 38.4 Å². The first-order chi connectivity index (χ1) is 6.71. The van der Waals surface area contributed by atoms with Gasteiger partial charge in [0, 0.05) is 19.6 Å². The topological polar surface area (TPSA) is 52.3 Å². The highest BCUT2D eigenvalue weighted by atomic mass is 16.5. The van der Waals surface area contributed by atoms with Crippen LogP contribution in [0.4, 0.5) is 0 Å². The van der Waals surface area contributed by atoms with E-state index in [1.807, 2.05) is 0 Å².